The summed E-state index contributed by atoms with van der Waals surface area (Å²) in [4.78, 5) is 0. The van der Waals surface area contributed by atoms with E-state index >= 15 is 0 Å². The molecule has 1 aliphatic heterocycles. The van der Waals surface area contributed by atoms with Gasteiger partial charge in [-0.2, -0.15) is 0 Å². The van der Waals surface area contributed by atoms with E-state index in [2.05, 4.69) is 17.5 Å². The molecule has 0 fully saturated rings. The van der Waals surface area contributed by atoms with Crippen LogP contribution >= 0.6 is 23.2 Å². The fourth-order valence-corrected chi connectivity index (χ4v) is 4.26. The van der Waals surface area contributed by atoms with Crippen molar-refractivity contribution in [1.29, 1.82) is 0 Å². The molecule has 0 spiro atoms. The summed E-state index contributed by atoms with van der Waals surface area (Å²) in [5.74, 6) is 0.444. The Balaban J connectivity index is 1.82. The number of nitrogens with one attached hydrogen (secondary N) is 1. The molecule has 1 heterocycles. The minimum Gasteiger partial charge on any atom is -0.378 e. The zero-order valence-electron chi connectivity index (χ0n) is 11.7. The third kappa shape index (κ3) is 2.22. The Morgan fingerprint density at radius 3 is 2.64 bits per heavy atom. The van der Waals surface area contributed by atoms with Crippen LogP contribution in [-0.2, 0) is 0 Å². The predicted molar refractivity (Wildman–Crippen MR) is 89.2 cm³/mol. The van der Waals surface area contributed by atoms with E-state index in [1.807, 2.05) is 18.2 Å². The molecule has 3 atom stereocenters. The molecule has 1 nitrogen and oxygen atoms in total. The van der Waals surface area contributed by atoms with Gasteiger partial charge in [0, 0.05) is 27.2 Å². The van der Waals surface area contributed by atoms with Crippen LogP contribution in [0.1, 0.15) is 29.5 Å². The topological polar surface area (TPSA) is 12.0 Å². The molecule has 112 valence electrons. The van der Waals surface area contributed by atoms with Crippen molar-refractivity contribution in [3.05, 3.63) is 75.5 Å². The number of hydrogen-bond acceptors (Lipinski definition) is 1. The lowest BCUT2D eigenvalue weighted by Gasteiger charge is -2.38. The summed E-state index contributed by atoms with van der Waals surface area (Å²) < 4.78 is 13.2. The maximum atomic E-state index is 13.2. The standard InChI is InChI=1S/C18H14Cl2FN/c19-11-8-15(20)17-13-2-1-3-14(13)18(22-16(17)9-11)10-4-6-12(21)7-5-10/h1-2,4-9,13-14,18,22H,3H2/t13-,14+,18+/m1/s1. The van der Waals surface area contributed by atoms with Crippen molar-refractivity contribution in [2.45, 2.75) is 18.4 Å². The Hall–Kier alpha value is -1.51. The first-order valence-electron chi connectivity index (χ1n) is 7.31. The van der Waals surface area contributed by atoms with Gasteiger partial charge in [0.05, 0.1) is 6.04 Å². The van der Waals surface area contributed by atoms with Crippen molar-refractivity contribution in [3.63, 3.8) is 0 Å². The van der Waals surface area contributed by atoms with Crippen LogP contribution in [-0.4, -0.2) is 0 Å². The van der Waals surface area contributed by atoms with Crippen molar-refractivity contribution in [2.75, 3.05) is 5.32 Å². The molecule has 2 aliphatic rings. The quantitative estimate of drug-likeness (QED) is 0.635. The first-order valence-corrected chi connectivity index (χ1v) is 8.06. The lowest BCUT2D eigenvalue weighted by Crippen LogP contribution is -2.29. The van der Waals surface area contributed by atoms with E-state index in [0.29, 0.717) is 16.0 Å². The predicted octanol–water partition coefficient (Wildman–Crippen LogP) is 5.96. The summed E-state index contributed by atoms with van der Waals surface area (Å²) in [7, 11) is 0. The molecule has 0 aromatic heterocycles. The molecule has 0 saturated heterocycles. The third-order valence-corrected chi connectivity index (χ3v) is 5.14. The summed E-state index contributed by atoms with van der Waals surface area (Å²) in [6.07, 6.45) is 5.41. The second-order valence-electron chi connectivity index (χ2n) is 5.88. The fourth-order valence-electron chi connectivity index (χ4n) is 3.64. The van der Waals surface area contributed by atoms with Crippen molar-refractivity contribution in [1.82, 2.24) is 0 Å². The Morgan fingerprint density at radius 2 is 1.86 bits per heavy atom. The number of allylic oxidation sites excluding steroid dienone is 2. The number of fused-ring (bicyclic) bond motifs is 3. The minimum atomic E-state index is -0.216. The zero-order chi connectivity index (χ0) is 15.3. The number of anilines is 1. The Labute approximate surface area is 138 Å². The summed E-state index contributed by atoms with van der Waals surface area (Å²) in [6, 6.07) is 10.6. The van der Waals surface area contributed by atoms with E-state index in [0.717, 1.165) is 23.2 Å². The molecule has 2 aromatic carbocycles. The molecule has 0 saturated carbocycles. The van der Waals surface area contributed by atoms with Gasteiger partial charge in [-0.1, -0.05) is 47.5 Å². The molecule has 0 bridgehead atoms. The molecule has 0 radical (unpaired) electrons. The van der Waals surface area contributed by atoms with E-state index < -0.39 is 0 Å². The molecule has 0 unspecified atom stereocenters. The molecular weight excluding hydrogens is 320 g/mol. The molecular formula is C18H14Cl2FN. The van der Waals surface area contributed by atoms with Gasteiger partial charge in [-0.05, 0) is 42.2 Å². The van der Waals surface area contributed by atoms with Gasteiger partial charge in [0.25, 0.3) is 0 Å². The van der Waals surface area contributed by atoms with Crippen LogP contribution in [0.2, 0.25) is 10.0 Å². The fraction of sp³-hybridized carbons (Fsp3) is 0.222. The van der Waals surface area contributed by atoms with Crippen LogP contribution in [0.25, 0.3) is 0 Å². The SMILES string of the molecule is Fc1ccc([C@@H]2Nc3cc(Cl)cc(Cl)c3[C@@H]3C=CC[C@@H]32)cc1. The summed E-state index contributed by atoms with van der Waals surface area (Å²) in [5.41, 5.74) is 3.17. The maximum Gasteiger partial charge on any atom is 0.123 e. The largest absolute Gasteiger partial charge is 0.378 e. The maximum absolute atomic E-state index is 13.2. The normalized spacial score (nSPS) is 25.5. The minimum absolute atomic E-state index is 0.127. The second kappa shape index (κ2) is 5.29. The van der Waals surface area contributed by atoms with Gasteiger partial charge in [-0.15, -0.1) is 0 Å². The number of rotatable bonds is 1. The van der Waals surface area contributed by atoms with E-state index in [1.165, 1.54) is 12.1 Å². The second-order valence-corrected chi connectivity index (χ2v) is 6.72. The summed E-state index contributed by atoms with van der Waals surface area (Å²) in [6.45, 7) is 0. The van der Waals surface area contributed by atoms with Gasteiger partial charge in [0.1, 0.15) is 5.82 Å². The van der Waals surface area contributed by atoms with Crippen molar-refractivity contribution < 1.29 is 4.39 Å². The highest BCUT2D eigenvalue weighted by molar-refractivity contribution is 6.35. The van der Waals surface area contributed by atoms with Crippen LogP contribution in [0.5, 0.6) is 0 Å². The average molecular weight is 334 g/mol. The van der Waals surface area contributed by atoms with Gasteiger partial charge in [0.2, 0.25) is 0 Å². The highest BCUT2D eigenvalue weighted by Gasteiger charge is 2.39. The van der Waals surface area contributed by atoms with Crippen molar-refractivity contribution in [2.24, 2.45) is 5.92 Å². The van der Waals surface area contributed by atoms with Gasteiger partial charge < -0.3 is 5.32 Å². The van der Waals surface area contributed by atoms with Gasteiger partial charge in [-0.3, -0.25) is 0 Å². The zero-order valence-corrected chi connectivity index (χ0v) is 13.2. The van der Waals surface area contributed by atoms with Crippen molar-refractivity contribution in [3.8, 4) is 0 Å². The highest BCUT2D eigenvalue weighted by Crippen LogP contribution is 2.52. The Bertz CT molecular complexity index is 754. The number of benzene rings is 2. The summed E-state index contributed by atoms with van der Waals surface area (Å²) in [5, 5.41) is 4.88. The molecule has 0 amide bonds. The molecule has 2 aromatic rings. The summed E-state index contributed by atoms with van der Waals surface area (Å²) >= 11 is 12.6. The van der Waals surface area contributed by atoms with Gasteiger partial charge in [0.15, 0.2) is 0 Å². The van der Waals surface area contributed by atoms with Crippen LogP contribution in [0, 0.1) is 11.7 Å². The first kappa shape index (κ1) is 14.1. The van der Waals surface area contributed by atoms with Gasteiger partial charge in [-0.25, -0.2) is 4.39 Å². The molecule has 1 N–H and O–H groups in total. The molecule has 22 heavy (non-hydrogen) atoms. The monoisotopic (exact) mass is 333 g/mol. The third-order valence-electron chi connectivity index (χ3n) is 4.61. The number of hydrogen-bond donors (Lipinski definition) is 1. The van der Waals surface area contributed by atoms with E-state index in [1.54, 1.807) is 6.07 Å². The van der Waals surface area contributed by atoms with Crippen LogP contribution in [0.3, 0.4) is 0 Å². The van der Waals surface area contributed by atoms with Gasteiger partial charge >= 0.3 is 0 Å². The average Bonchev–Trinajstić information content (AvgIpc) is 2.95. The highest BCUT2D eigenvalue weighted by atomic mass is 35.5. The lowest BCUT2D eigenvalue weighted by molar-refractivity contribution is 0.425. The van der Waals surface area contributed by atoms with E-state index in [-0.39, 0.29) is 17.8 Å². The van der Waals surface area contributed by atoms with Crippen molar-refractivity contribution >= 4 is 28.9 Å². The smallest absolute Gasteiger partial charge is 0.123 e. The van der Waals surface area contributed by atoms with Crippen LogP contribution < -0.4 is 5.32 Å². The molecule has 4 rings (SSSR count). The first-order chi connectivity index (χ1) is 10.6. The lowest BCUT2D eigenvalue weighted by atomic mass is 9.77. The van der Waals surface area contributed by atoms with Crippen LogP contribution in [0.4, 0.5) is 10.1 Å². The Morgan fingerprint density at radius 1 is 1.09 bits per heavy atom. The number of halogens is 3. The van der Waals surface area contributed by atoms with E-state index in [4.69, 9.17) is 23.2 Å². The van der Waals surface area contributed by atoms with Crippen LogP contribution in [0.15, 0.2) is 48.6 Å². The molecule has 1 aliphatic carbocycles. The Kier molecular flexibility index (Phi) is 3.39. The van der Waals surface area contributed by atoms with E-state index in [9.17, 15) is 4.39 Å². The molecule has 4 heteroatoms.